The minimum atomic E-state index is -0.224. The van der Waals surface area contributed by atoms with Crippen molar-refractivity contribution in [2.45, 2.75) is 32.7 Å². The number of pyridine rings is 1. The molecule has 27 heavy (non-hydrogen) atoms. The van der Waals surface area contributed by atoms with Crippen LogP contribution in [0.3, 0.4) is 0 Å². The lowest BCUT2D eigenvalue weighted by Gasteiger charge is -2.26. The summed E-state index contributed by atoms with van der Waals surface area (Å²) in [6, 6.07) is 12.4. The molecule has 0 saturated heterocycles. The van der Waals surface area contributed by atoms with E-state index >= 15 is 0 Å². The fourth-order valence-corrected chi connectivity index (χ4v) is 2.80. The second kappa shape index (κ2) is 8.16. The molecule has 0 aliphatic heterocycles. The van der Waals surface area contributed by atoms with Crippen LogP contribution in [0.2, 0.25) is 0 Å². The summed E-state index contributed by atoms with van der Waals surface area (Å²) < 4.78 is 15.1. The molecule has 142 valence electrons. The van der Waals surface area contributed by atoms with E-state index in [9.17, 15) is 4.39 Å². The van der Waals surface area contributed by atoms with E-state index in [1.807, 2.05) is 47.9 Å². The summed E-state index contributed by atoms with van der Waals surface area (Å²) in [5.74, 6) is 1.26. The Morgan fingerprint density at radius 3 is 2.63 bits per heavy atom. The van der Waals surface area contributed by atoms with Crippen LogP contribution in [0.1, 0.15) is 32.2 Å². The molecule has 0 atom stereocenters. The van der Waals surface area contributed by atoms with Gasteiger partial charge in [-0.15, -0.1) is 10.2 Å². The van der Waals surface area contributed by atoms with Crippen LogP contribution >= 0.6 is 0 Å². The first-order chi connectivity index (χ1) is 13.0. The maximum atomic E-state index is 13.2. The Morgan fingerprint density at radius 1 is 1.11 bits per heavy atom. The molecule has 6 nitrogen and oxygen atoms in total. The number of benzene rings is 1. The summed E-state index contributed by atoms with van der Waals surface area (Å²) in [6.07, 6.45) is 1.93. The molecule has 3 rings (SSSR count). The zero-order valence-corrected chi connectivity index (χ0v) is 15.9. The minimum Gasteiger partial charge on any atom is -0.357 e. The molecule has 0 spiro atoms. The molecule has 0 radical (unpaired) electrons. The third-order valence-corrected chi connectivity index (χ3v) is 4.43. The molecule has 2 aromatic heterocycles. The van der Waals surface area contributed by atoms with Crippen LogP contribution in [0.15, 0.2) is 53.7 Å². The van der Waals surface area contributed by atoms with E-state index in [1.165, 1.54) is 12.1 Å². The van der Waals surface area contributed by atoms with Crippen molar-refractivity contribution >= 4 is 11.6 Å². The number of nitrogens with zero attached hydrogens (tertiary/aromatic N) is 4. The quantitative estimate of drug-likeness (QED) is 0.519. The zero-order valence-electron chi connectivity index (χ0n) is 15.9. The Bertz CT molecular complexity index is 914. The SMILES string of the molecule is CCNC(=NCc1nnc2ccccn12)NCC(C)(C)c1ccc(F)cc1. The van der Waals surface area contributed by atoms with Gasteiger partial charge in [0.05, 0.1) is 0 Å². The van der Waals surface area contributed by atoms with Crippen LogP contribution < -0.4 is 10.6 Å². The van der Waals surface area contributed by atoms with Crippen molar-refractivity contribution in [1.29, 1.82) is 0 Å². The van der Waals surface area contributed by atoms with Crippen LogP contribution in [0.5, 0.6) is 0 Å². The molecule has 0 saturated carbocycles. The molecule has 3 aromatic rings. The number of fused-ring (bicyclic) bond motifs is 1. The van der Waals surface area contributed by atoms with E-state index in [0.29, 0.717) is 19.0 Å². The topological polar surface area (TPSA) is 66.6 Å². The maximum Gasteiger partial charge on any atom is 0.191 e. The largest absolute Gasteiger partial charge is 0.357 e. The normalized spacial score (nSPS) is 12.4. The van der Waals surface area contributed by atoms with E-state index < -0.39 is 0 Å². The number of aliphatic imine (C=N–C) groups is 1. The van der Waals surface area contributed by atoms with Gasteiger partial charge in [-0.05, 0) is 36.8 Å². The first-order valence-electron chi connectivity index (χ1n) is 9.06. The first kappa shape index (κ1) is 18.8. The molecule has 0 bridgehead atoms. The molecule has 0 aliphatic carbocycles. The Kier molecular flexibility index (Phi) is 5.69. The van der Waals surface area contributed by atoms with Crippen molar-refractivity contribution < 1.29 is 4.39 Å². The summed E-state index contributed by atoms with van der Waals surface area (Å²) in [6.45, 7) is 8.08. The Balaban J connectivity index is 1.69. The summed E-state index contributed by atoms with van der Waals surface area (Å²) in [4.78, 5) is 4.63. The summed E-state index contributed by atoms with van der Waals surface area (Å²) >= 11 is 0. The van der Waals surface area contributed by atoms with E-state index in [0.717, 1.165) is 23.6 Å². The van der Waals surface area contributed by atoms with Gasteiger partial charge in [-0.3, -0.25) is 4.40 Å². The first-order valence-corrected chi connectivity index (χ1v) is 9.06. The van der Waals surface area contributed by atoms with Crippen molar-refractivity contribution in [3.63, 3.8) is 0 Å². The second-order valence-electron chi connectivity index (χ2n) is 6.98. The standard InChI is InChI=1S/C20H25FN6/c1-4-22-19(23-13-18-26-25-17-7-5-6-12-27(17)18)24-14-20(2,3)15-8-10-16(21)11-9-15/h5-12H,4,13-14H2,1-3H3,(H2,22,23,24). The average Bonchev–Trinajstić information content (AvgIpc) is 3.08. The molecule has 1 aromatic carbocycles. The van der Waals surface area contributed by atoms with Crippen molar-refractivity contribution in [2.75, 3.05) is 13.1 Å². The lowest BCUT2D eigenvalue weighted by molar-refractivity contribution is 0.506. The number of aromatic nitrogens is 3. The number of halogens is 1. The van der Waals surface area contributed by atoms with Crippen molar-refractivity contribution in [3.8, 4) is 0 Å². The van der Waals surface area contributed by atoms with E-state index in [1.54, 1.807) is 0 Å². The highest BCUT2D eigenvalue weighted by atomic mass is 19.1. The van der Waals surface area contributed by atoms with E-state index in [-0.39, 0.29) is 11.2 Å². The van der Waals surface area contributed by atoms with Gasteiger partial charge in [-0.2, -0.15) is 0 Å². The van der Waals surface area contributed by atoms with Gasteiger partial charge in [0.15, 0.2) is 17.4 Å². The smallest absolute Gasteiger partial charge is 0.191 e. The van der Waals surface area contributed by atoms with Crippen LogP contribution in [0.4, 0.5) is 4.39 Å². The fourth-order valence-electron chi connectivity index (χ4n) is 2.80. The molecule has 7 heteroatoms. The van der Waals surface area contributed by atoms with Crippen LogP contribution in [-0.4, -0.2) is 33.6 Å². The number of hydrogen-bond acceptors (Lipinski definition) is 3. The third kappa shape index (κ3) is 4.61. The number of guanidine groups is 1. The summed E-state index contributed by atoms with van der Waals surface area (Å²) in [5.41, 5.74) is 1.69. The average molecular weight is 368 g/mol. The van der Waals surface area contributed by atoms with E-state index in [4.69, 9.17) is 0 Å². The van der Waals surface area contributed by atoms with Crippen LogP contribution in [-0.2, 0) is 12.0 Å². The fraction of sp³-hybridized carbons (Fsp3) is 0.350. The highest BCUT2D eigenvalue weighted by Crippen LogP contribution is 2.22. The van der Waals surface area contributed by atoms with Crippen molar-refractivity contribution in [3.05, 3.63) is 65.9 Å². The highest BCUT2D eigenvalue weighted by molar-refractivity contribution is 5.79. The molecule has 0 amide bonds. The van der Waals surface area contributed by atoms with E-state index in [2.05, 4.69) is 39.7 Å². The maximum absolute atomic E-state index is 13.2. The minimum absolute atomic E-state index is 0.175. The molecule has 0 aliphatic rings. The number of hydrogen-bond donors (Lipinski definition) is 2. The molecular weight excluding hydrogens is 343 g/mol. The van der Waals surface area contributed by atoms with Crippen molar-refractivity contribution in [2.24, 2.45) is 4.99 Å². The van der Waals surface area contributed by atoms with Crippen molar-refractivity contribution in [1.82, 2.24) is 25.2 Å². The second-order valence-corrected chi connectivity index (χ2v) is 6.98. The summed E-state index contributed by atoms with van der Waals surface area (Å²) in [5, 5.41) is 15.0. The van der Waals surface area contributed by atoms with Gasteiger partial charge in [0.2, 0.25) is 0 Å². The monoisotopic (exact) mass is 368 g/mol. The number of rotatable bonds is 6. The molecule has 2 N–H and O–H groups in total. The van der Waals surface area contributed by atoms with Crippen LogP contribution in [0.25, 0.3) is 5.65 Å². The zero-order chi connectivity index (χ0) is 19.3. The predicted octanol–water partition coefficient (Wildman–Crippen LogP) is 2.90. The van der Waals surface area contributed by atoms with Gasteiger partial charge in [-0.1, -0.05) is 32.0 Å². The molecule has 0 unspecified atom stereocenters. The van der Waals surface area contributed by atoms with Gasteiger partial charge in [-0.25, -0.2) is 9.38 Å². The van der Waals surface area contributed by atoms with Crippen LogP contribution in [0, 0.1) is 5.82 Å². The highest BCUT2D eigenvalue weighted by Gasteiger charge is 2.21. The summed E-state index contributed by atoms with van der Waals surface area (Å²) in [7, 11) is 0. The third-order valence-electron chi connectivity index (χ3n) is 4.43. The Morgan fingerprint density at radius 2 is 1.89 bits per heavy atom. The number of nitrogens with one attached hydrogen (secondary N) is 2. The lowest BCUT2D eigenvalue weighted by atomic mass is 9.84. The Hall–Kier alpha value is -2.96. The molecule has 2 heterocycles. The van der Waals surface area contributed by atoms with Gasteiger partial charge < -0.3 is 10.6 Å². The molecular formula is C20H25FN6. The van der Waals surface area contributed by atoms with Gasteiger partial charge >= 0.3 is 0 Å². The Labute approximate surface area is 158 Å². The van der Waals surface area contributed by atoms with Gasteiger partial charge in [0.25, 0.3) is 0 Å². The lowest BCUT2D eigenvalue weighted by Crippen LogP contribution is -2.43. The van der Waals surface area contributed by atoms with Gasteiger partial charge in [0.1, 0.15) is 12.4 Å². The molecule has 0 fully saturated rings. The van der Waals surface area contributed by atoms with Gasteiger partial charge in [0, 0.05) is 24.7 Å². The predicted molar refractivity (Wildman–Crippen MR) is 105 cm³/mol.